The van der Waals surface area contributed by atoms with Gasteiger partial charge in [-0.15, -0.1) is 23.5 Å². The van der Waals surface area contributed by atoms with Gasteiger partial charge in [0, 0.05) is 15.4 Å². The van der Waals surface area contributed by atoms with Crippen LogP contribution in [0.2, 0.25) is 0 Å². The highest BCUT2D eigenvalue weighted by Gasteiger charge is 2.28. The lowest BCUT2D eigenvalue weighted by Crippen LogP contribution is -2.21. The van der Waals surface area contributed by atoms with E-state index in [0.29, 0.717) is 13.0 Å². The molecule has 0 fully saturated rings. The van der Waals surface area contributed by atoms with Gasteiger partial charge in [0.05, 0.1) is 12.5 Å². The van der Waals surface area contributed by atoms with Gasteiger partial charge in [-0.3, -0.25) is 4.79 Å². The molecule has 0 amide bonds. The van der Waals surface area contributed by atoms with Crippen LogP contribution in [0.1, 0.15) is 17.9 Å². The summed E-state index contributed by atoms with van der Waals surface area (Å²) in [5.41, 5.74) is 0.811. The zero-order valence-corrected chi connectivity index (χ0v) is 11.4. The average molecular weight is 270 g/mol. The highest BCUT2D eigenvalue weighted by atomic mass is 32.2. The Hall–Kier alpha value is -0.810. The van der Waals surface area contributed by atoms with E-state index in [1.807, 2.05) is 24.6 Å². The molecule has 1 unspecified atom stereocenters. The van der Waals surface area contributed by atoms with Crippen LogP contribution in [0.5, 0.6) is 5.75 Å². The molecule has 3 nitrogen and oxygen atoms in total. The van der Waals surface area contributed by atoms with Crippen LogP contribution in [0, 0.1) is 0 Å². The summed E-state index contributed by atoms with van der Waals surface area (Å²) >= 11 is 3.29. The summed E-state index contributed by atoms with van der Waals surface area (Å²) in [5.74, 6) is -0.468. The van der Waals surface area contributed by atoms with Crippen LogP contribution in [0.25, 0.3) is 0 Å². The summed E-state index contributed by atoms with van der Waals surface area (Å²) in [4.78, 5) is 13.5. The molecule has 2 rings (SSSR count). The molecule has 0 radical (unpaired) electrons. The van der Waals surface area contributed by atoms with Crippen molar-refractivity contribution in [3.63, 3.8) is 0 Å². The number of ether oxygens (including phenoxy) is 1. The first-order valence-electron chi connectivity index (χ1n) is 5.29. The maximum Gasteiger partial charge on any atom is 0.311 e. The number of carbonyl (C=O) groups is 1. The molecule has 1 aliphatic rings. The Morgan fingerprint density at radius 3 is 2.59 bits per heavy atom. The minimum Gasteiger partial charge on any atom is -0.493 e. The fourth-order valence-corrected chi connectivity index (χ4v) is 3.46. The molecule has 1 aromatic rings. The van der Waals surface area contributed by atoms with Crippen LogP contribution in [0.3, 0.4) is 0 Å². The third kappa shape index (κ3) is 2.40. The molecule has 0 spiro atoms. The summed E-state index contributed by atoms with van der Waals surface area (Å²) in [5, 5.41) is 9.21. The van der Waals surface area contributed by atoms with Crippen LogP contribution in [-0.4, -0.2) is 30.2 Å². The summed E-state index contributed by atoms with van der Waals surface area (Å²) in [7, 11) is 0. The lowest BCUT2D eigenvalue weighted by atomic mass is 9.93. The van der Waals surface area contributed by atoms with E-state index in [9.17, 15) is 9.90 Å². The van der Waals surface area contributed by atoms with Gasteiger partial charge >= 0.3 is 5.97 Å². The number of hydrogen-bond donors (Lipinski definition) is 1. The Morgan fingerprint density at radius 1 is 1.35 bits per heavy atom. The van der Waals surface area contributed by atoms with Crippen molar-refractivity contribution in [2.75, 3.05) is 19.1 Å². The minimum absolute atomic E-state index is 0.430. The summed E-state index contributed by atoms with van der Waals surface area (Å²) in [6.45, 7) is 0.483. The van der Waals surface area contributed by atoms with Crippen molar-refractivity contribution in [2.24, 2.45) is 0 Å². The van der Waals surface area contributed by atoms with Crippen molar-refractivity contribution in [1.29, 1.82) is 0 Å². The summed E-state index contributed by atoms with van der Waals surface area (Å²) < 4.78 is 5.56. The Kier molecular flexibility index (Phi) is 3.89. The van der Waals surface area contributed by atoms with Gasteiger partial charge in [-0.1, -0.05) is 0 Å². The fourth-order valence-electron chi connectivity index (χ4n) is 1.97. The third-order valence-corrected chi connectivity index (χ3v) is 4.54. The average Bonchev–Trinajstić information content (AvgIpc) is 2.35. The molecule has 1 N–H and O–H groups in total. The third-order valence-electron chi connectivity index (χ3n) is 2.85. The second-order valence-electron chi connectivity index (χ2n) is 3.77. The van der Waals surface area contributed by atoms with E-state index < -0.39 is 11.9 Å². The molecular weight excluding hydrogens is 256 g/mol. The zero-order chi connectivity index (χ0) is 12.4. The van der Waals surface area contributed by atoms with Crippen LogP contribution in [-0.2, 0) is 4.79 Å². The molecule has 1 aromatic carbocycles. The van der Waals surface area contributed by atoms with E-state index in [-0.39, 0.29) is 0 Å². The number of carboxylic acids is 1. The van der Waals surface area contributed by atoms with Gasteiger partial charge in [-0.05, 0) is 31.1 Å². The Morgan fingerprint density at radius 2 is 2.00 bits per heavy atom. The molecule has 17 heavy (non-hydrogen) atoms. The van der Waals surface area contributed by atoms with Crippen LogP contribution in [0.15, 0.2) is 21.9 Å². The second-order valence-corrected chi connectivity index (χ2v) is 5.47. The van der Waals surface area contributed by atoms with E-state index in [2.05, 4.69) is 0 Å². The van der Waals surface area contributed by atoms with Crippen LogP contribution < -0.4 is 4.74 Å². The Labute approximate surface area is 109 Å². The predicted molar refractivity (Wildman–Crippen MR) is 70.5 cm³/mol. The molecular formula is C12H14O3S2. The highest BCUT2D eigenvalue weighted by molar-refractivity contribution is 8.01. The van der Waals surface area contributed by atoms with Gasteiger partial charge in [-0.25, -0.2) is 0 Å². The van der Waals surface area contributed by atoms with Crippen molar-refractivity contribution in [2.45, 2.75) is 22.1 Å². The van der Waals surface area contributed by atoms with Crippen molar-refractivity contribution in [3.05, 3.63) is 17.7 Å². The number of rotatable bonds is 3. The summed E-state index contributed by atoms with van der Waals surface area (Å²) in [6, 6.07) is 3.92. The molecule has 0 aromatic heterocycles. The normalized spacial score (nSPS) is 18.4. The maximum absolute atomic E-state index is 11.2. The Balaban J connectivity index is 2.50. The molecule has 1 aliphatic heterocycles. The van der Waals surface area contributed by atoms with Crippen LogP contribution >= 0.6 is 23.5 Å². The molecule has 0 bridgehead atoms. The maximum atomic E-state index is 11.2. The van der Waals surface area contributed by atoms with Gasteiger partial charge in [0.15, 0.2) is 0 Å². The minimum atomic E-state index is -0.765. The number of carboxylic acid groups (broad SMARTS) is 1. The zero-order valence-electron chi connectivity index (χ0n) is 9.73. The first-order valence-corrected chi connectivity index (χ1v) is 7.74. The van der Waals surface area contributed by atoms with E-state index in [1.54, 1.807) is 23.5 Å². The lowest BCUT2D eigenvalue weighted by molar-refractivity contribution is -0.139. The molecule has 92 valence electrons. The fraction of sp³-hybridized carbons (Fsp3) is 0.417. The first kappa shape index (κ1) is 12.6. The van der Waals surface area contributed by atoms with E-state index in [4.69, 9.17) is 4.74 Å². The van der Waals surface area contributed by atoms with Gasteiger partial charge in [0.2, 0.25) is 0 Å². The molecule has 1 heterocycles. The summed E-state index contributed by atoms with van der Waals surface area (Å²) in [6.07, 6.45) is 4.56. The van der Waals surface area contributed by atoms with E-state index in [1.165, 1.54) is 0 Å². The van der Waals surface area contributed by atoms with E-state index >= 15 is 0 Å². The number of fused-ring (bicyclic) bond motifs is 1. The predicted octanol–water partition coefficient (Wildman–Crippen LogP) is 3.08. The largest absolute Gasteiger partial charge is 0.493 e. The van der Waals surface area contributed by atoms with Crippen LogP contribution in [0.4, 0.5) is 0 Å². The second kappa shape index (κ2) is 5.23. The van der Waals surface area contributed by atoms with Crippen molar-refractivity contribution in [3.8, 4) is 5.75 Å². The smallest absolute Gasteiger partial charge is 0.311 e. The quantitative estimate of drug-likeness (QED) is 0.855. The monoisotopic (exact) mass is 270 g/mol. The van der Waals surface area contributed by atoms with Crippen molar-refractivity contribution < 1.29 is 14.6 Å². The highest BCUT2D eigenvalue weighted by Crippen LogP contribution is 2.40. The number of thioether (sulfide) groups is 2. The molecule has 0 saturated heterocycles. The van der Waals surface area contributed by atoms with E-state index in [0.717, 1.165) is 21.1 Å². The number of benzene rings is 1. The SMILES string of the molecule is CSc1cc2c(cc1SC)C(C(=O)O)CCO2. The molecule has 5 heteroatoms. The van der Waals surface area contributed by atoms with Gasteiger partial charge < -0.3 is 9.84 Å². The standard InChI is InChI=1S/C12H14O3S2/c1-16-10-5-8-7(12(13)14)3-4-15-9(8)6-11(10)17-2/h5-7H,3-4H2,1-2H3,(H,13,14). The van der Waals surface area contributed by atoms with Gasteiger partial charge in [-0.2, -0.15) is 0 Å². The van der Waals surface area contributed by atoms with Gasteiger partial charge in [0.1, 0.15) is 5.75 Å². The molecule has 1 atom stereocenters. The first-order chi connectivity index (χ1) is 8.17. The topological polar surface area (TPSA) is 46.5 Å². The van der Waals surface area contributed by atoms with Crippen molar-refractivity contribution in [1.82, 2.24) is 0 Å². The lowest BCUT2D eigenvalue weighted by Gasteiger charge is -2.24. The van der Waals surface area contributed by atoms with Crippen molar-refractivity contribution >= 4 is 29.5 Å². The Bertz CT molecular complexity index is 446. The number of aliphatic carboxylic acids is 1. The molecule has 0 aliphatic carbocycles. The number of hydrogen-bond acceptors (Lipinski definition) is 4. The molecule has 0 saturated carbocycles. The van der Waals surface area contributed by atoms with Gasteiger partial charge in [0.25, 0.3) is 0 Å².